The molecule has 1 heterocycles. The third-order valence-corrected chi connectivity index (χ3v) is 5.53. The number of carboxylic acid groups (broad SMARTS) is 1. The number of aliphatic carboxylic acids is 1. The third kappa shape index (κ3) is 8.69. The van der Waals surface area contributed by atoms with Crippen molar-refractivity contribution in [3.05, 3.63) is 36.0 Å². The number of rotatable bonds is 14. The van der Waals surface area contributed by atoms with Gasteiger partial charge in [0.1, 0.15) is 12.1 Å². The van der Waals surface area contributed by atoms with Gasteiger partial charge in [-0.25, -0.2) is 4.79 Å². The predicted octanol–water partition coefficient (Wildman–Crippen LogP) is -0.480. The lowest BCUT2D eigenvalue weighted by molar-refractivity contribution is -0.142. The molecule has 2 aromatic rings. The molecule has 3 unspecified atom stereocenters. The minimum Gasteiger partial charge on any atom is -0.480 e. The Morgan fingerprint density at radius 1 is 1.03 bits per heavy atom. The van der Waals surface area contributed by atoms with Crippen LogP contribution in [0.15, 0.2) is 30.5 Å². The molecular weight excluding hydrogens is 468 g/mol. The van der Waals surface area contributed by atoms with E-state index in [4.69, 9.17) is 11.5 Å². The average Bonchev–Trinajstić information content (AvgIpc) is 3.22. The zero-order chi connectivity index (χ0) is 26.8. The molecule has 0 aliphatic carbocycles. The number of carboxylic acids is 1. The lowest BCUT2D eigenvalue weighted by atomic mass is 10.0. The van der Waals surface area contributed by atoms with Crippen LogP contribution in [0.2, 0.25) is 0 Å². The van der Waals surface area contributed by atoms with Gasteiger partial charge in [0.05, 0.1) is 12.6 Å². The van der Waals surface area contributed by atoms with E-state index in [1.54, 1.807) is 6.20 Å². The summed E-state index contributed by atoms with van der Waals surface area (Å²) in [6.45, 7) is 3.18. The van der Waals surface area contributed by atoms with E-state index < -0.39 is 54.3 Å². The molecule has 0 aliphatic heterocycles. The van der Waals surface area contributed by atoms with E-state index in [9.17, 15) is 29.1 Å². The molecule has 0 saturated heterocycles. The number of benzene rings is 1. The summed E-state index contributed by atoms with van der Waals surface area (Å²) >= 11 is 0. The topological polar surface area (TPSA) is 210 Å². The minimum absolute atomic E-state index is 0.0113. The number of aromatic nitrogens is 1. The second kappa shape index (κ2) is 13.2. The fourth-order valence-electron chi connectivity index (χ4n) is 3.67. The monoisotopic (exact) mass is 502 g/mol. The number of H-pyrrole nitrogens is 1. The lowest BCUT2D eigenvalue weighted by Crippen LogP contribution is -2.54. The second-order valence-electron chi connectivity index (χ2n) is 9.04. The fraction of sp³-hybridized carbons (Fsp3) is 0.458. The highest BCUT2D eigenvalue weighted by Gasteiger charge is 2.26. The van der Waals surface area contributed by atoms with Gasteiger partial charge in [0.15, 0.2) is 0 Å². The third-order valence-electron chi connectivity index (χ3n) is 5.53. The maximum atomic E-state index is 13.0. The van der Waals surface area contributed by atoms with Gasteiger partial charge in [-0.15, -0.1) is 0 Å². The van der Waals surface area contributed by atoms with Crippen molar-refractivity contribution in [1.82, 2.24) is 20.9 Å². The van der Waals surface area contributed by atoms with Crippen molar-refractivity contribution in [3.63, 3.8) is 0 Å². The SMILES string of the molecule is CC(C)CC(NC(=O)CNC(=O)C(Cc1c[nH]c2ccccc12)NC(=O)C(N)CCC(N)=O)C(=O)O. The van der Waals surface area contributed by atoms with Crippen LogP contribution in [-0.2, 0) is 30.4 Å². The molecule has 196 valence electrons. The van der Waals surface area contributed by atoms with Crippen molar-refractivity contribution < 1.29 is 29.1 Å². The first kappa shape index (κ1) is 28.3. The molecule has 0 radical (unpaired) electrons. The highest BCUT2D eigenvalue weighted by atomic mass is 16.4. The summed E-state index contributed by atoms with van der Waals surface area (Å²) < 4.78 is 0. The van der Waals surface area contributed by atoms with Crippen LogP contribution in [0.25, 0.3) is 10.9 Å². The number of hydrogen-bond donors (Lipinski definition) is 7. The summed E-state index contributed by atoms with van der Waals surface area (Å²) in [4.78, 5) is 63.4. The Morgan fingerprint density at radius 2 is 1.72 bits per heavy atom. The standard InChI is InChI=1S/C24H34N6O6/c1-13(2)9-19(24(35)36)29-21(32)12-28-23(34)18(30-22(33)16(25)7-8-20(26)31)10-14-11-27-17-6-4-3-5-15(14)17/h3-6,11,13,16,18-19,27H,7-10,12,25H2,1-2H3,(H2,26,31)(H,28,34)(H,29,32)(H,30,33)(H,35,36). The molecule has 2 rings (SSSR count). The van der Waals surface area contributed by atoms with E-state index in [-0.39, 0.29) is 31.6 Å². The Kier molecular flexibility index (Phi) is 10.4. The number of aromatic amines is 1. The van der Waals surface area contributed by atoms with Gasteiger partial charge in [0, 0.05) is 29.9 Å². The minimum atomic E-state index is -1.17. The van der Waals surface area contributed by atoms with Crippen LogP contribution >= 0.6 is 0 Å². The summed E-state index contributed by atoms with van der Waals surface area (Å²) in [5.41, 5.74) is 12.6. The smallest absolute Gasteiger partial charge is 0.326 e. The molecule has 9 N–H and O–H groups in total. The summed E-state index contributed by atoms with van der Waals surface area (Å²) in [7, 11) is 0. The Morgan fingerprint density at radius 3 is 2.36 bits per heavy atom. The van der Waals surface area contributed by atoms with Gasteiger partial charge < -0.3 is 37.5 Å². The average molecular weight is 503 g/mol. The molecule has 0 spiro atoms. The summed E-state index contributed by atoms with van der Waals surface area (Å²) in [5, 5.41) is 17.6. The van der Waals surface area contributed by atoms with Gasteiger partial charge in [-0.2, -0.15) is 0 Å². The van der Waals surface area contributed by atoms with E-state index in [1.165, 1.54) is 0 Å². The lowest BCUT2D eigenvalue weighted by Gasteiger charge is -2.21. The molecule has 3 atom stereocenters. The number of nitrogens with one attached hydrogen (secondary N) is 4. The van der Waals surface area contributed by atoms with Crippen molar-refractivity contribution >= 4 is 40.5 Å². The highest BCUT2D eigenvalue weighted by Crippen LogP contribution is 2.19. The Balaban J connectivity index is 2.10. The van der Waals surface area contributed by atoms with Gasteiger partial charge in [-0.05, 0) is 30.4 Å². The molecule has 0 saturated carbocycles. The molecule has 12 heteroatoms. The first-order chi connectivity index (χ1) is 17.0. The van der Waals surface area contributed by atoms with E-state index >= 15 is 0 Å². The van der Waals surface area contributed by atoms with Gasteiger partial charge in [-0.3, -0.25) is 19.2 Å². The van der Waals surface area contributed by atoms with Gasteiger partial charge in [-0.1, -0.05) is 32.0 Å². The number of carbonyl (C=O) groups excluding carboxylic acids is 4. The Bertz CT molecular complexity index is 1100. The zero-order valence-electron chi connectivity index (χ0n) is 20.4. The van der Waals surface area contributed by atoms with Gasteiger partial charge in [0.2, 0.25) is 23.6 Å². The summed E-state index contributed by atoms with van der Waals surface area (Å²) in [6.07, 6.45) is 1.97. The molecule has 12 nitrogen and oxygen atoms in total. The molecule has 36 heavy (non-hydrogen) atoms. The normalized spacial score (nSPS) is 13.6. The molecule has 1 aromatic heterocycles. The van der Waals surface area contributed by atoms with E-state index in [0.29, 0.717) is 0 Å². The summed E-state index contributed by atoms with van der Waals surface area (Å²) in [6, 6.07) is 4.19. The first-order valence-electron chi connectivity index (χ1n) is 11.7. The quantitative estimate of drug-likeness (QED) is 0.180. The van der Waals surface area contributed by atoms with Gasteiger partial charge >= 0.3 is 5.97 Å². The Labute approximate surface area is 208 Å². The number of fused-ring (bicyclic) bond motifs is 1. The zero-order valence-corrected chi connectivity index (χ0v) is 20.4. The van der Waals surface area contributed by atoms with Crippen LogP contribution in [0.4, 0.5) is 0 Å². The number of amides is 4. The highest BCUT2D eigenvalue weighted by molar-refractivity contribution is 5.93. The molecule has 0 fully saturated rings. The number of carbonyl (C=O) groups is 5. The molecule has 0 bridgehead atoms. The molecule has 0 aliphatic rings. The van der Waals surface area contributed by atoms with E-state index in [2.05, 4.69) is 20.9 Å². The molecular formula is C24H34N6O6. The maximum absolute atomic E-state index is 13.0. The van der Waals surface area contributed by atoms with Crippen molar-refractivity contribution in [2.45, 2.75) is 57.7 Å². The predicted molar refractivity (Wildman–Crippen MR) is 132 cm³/mol. The second-order valence-corrected chi connectivity index (χ2v) is 9.04. The largest absolute Gasteiger partial charge is 0.480 e. The fourth-order valence-corrected chi connectivity index (χ4v) is 3.67. The first-order valence-corrected chi connectivity index (χ1v) is 11.7. The van der Waals surface area contributed by atoms with Crippen LogP contribution in [0.3, 0.4) is 0 Å². The van der Waals surface area contributed by atoms with Crippen molar-refractivity contribution in [3.8, 4) is 0 Å². The maximum Gasteiger partial charge on any atom is 0.326 e. The number of para-hydroxylation sites is 1. The van der Waals surface area contributed by atoms with Crippen LogP contribution < -0.4 is 27.4 Å². The van der Waals surface area contributed by atoms with Crippen molar-refractivity contribution in [2.24, 2.45) is 17.4 Å². The van der Waals surface area contributed by atoms with Crippen molar-refractivity contribution in [1.29, 1.82) is 0 Å². The van der Waals surface area contributed by atoms with Gasteiger partial charge in [0.25, 0.3) is 0 Å². The van der Waals surface area contributed by atoms with E-state index in [0.717, 1.165) is 16.5 Å². The number of nitrogens with two attached hydrogens (primary N) is 2. The van der Waals surface area contributed by atoms with Crippen LogP contribution in [-0.4, -0.2) is 64.4 Å². The molecule has 1 aromatic carbocycles. The van der Waals surface area contributed by atoms with Crippen LogP contribution in [0.1, 0.15) is 38.7 Å². The Hall–Kier alpha value is -3.93. The van der Waals surface area contributed by atoms with Crippen LogP contribution in [0, 0.1) is 5.92 Å². The number of hydrogen-bond acceptors (Lipinski definition) is 6. The number of primary amides is 1. The molecule has 4 amide bonds. The van der Waals surface area contributed by atoms with E-state index in [1.807, 2.05) is 38.1 Å². The summed E-state index contributed by atoms with van der Waals surface area (Å²) in [5.74, 6) is -3.71. The van der Waals surface area contributed by atoms with Crippen LogP contribution in [0.5, 0.6) is 0 Å². The van der Waals surface area contributed by atoms with Crippen molar-refractivity contribution in [2.75, 3.05) is 6.54 Å².